The van der Waals surface area contributed by atoms with Crippen molar-refractivity contribution in [2.75, 3.05) is 13.7 Å². The van der Waals surface area contributed by atoms with Gasteiger partial charge in [-0.25, -0.2) is 14.6 Å². The number of hydrogen-bond acceptors (Lipinski definition) is 6. The number of nitrogens with zero attached hydrogens (tertiary/aromatic N) is 5. The van der Waals surface area contributed by atoms with Gasteiger partial charge in [-0.15, -0.1) is 13.2 Å². The van der Waals surface area contributed by atoms with Crippen molar-refractivity contribution < 1.29 is 27.4 Å². The summed E-state index contributed by atoms with van der Waals surface area (Å²) in [4.78, 5) is 8.86. The van der Waals surface area contributed by atoms with Gasteiger partial charge in [-0.1, -0.05) is 24.3 Å². The minimum Gasteiger partial charge on any atom is -0.495 e. The van der Waals surface area contributed by atoms with Crippen LogP contribution in [-0.2, 0) is 11.3 Å². The van der Waals surface area contributed by atoms with E-state index >= 15 is 0 Å². The highest BCUT2D eigenvalue weighted by Crippen LogP contribution is 2.31. The van der Waals surface area contributed by atoms with E-state index in [-0.39, 0.29) is 5.75 Å². The van der Waals surface area contributed by atoms with Crippen molar-refractivity contribution in [3.8, 4) is 17.2 Å². The molecule has 0 bridgehead atoms. The Labute approximate surface area is 204 Å². The van der Waals surface area contributed by atoms with Crippen LogP contribution >= 0.6 is 0 Å². The highest BCUT2D eigenvalue weighted by molar-refractivity contribution is 5.69. The van der Waals surface area contributed by atoms with Crippen LogP contribution in [0.3, 0.4) is 0 Å². The SMILES string of the molecule is COc1cc(C=Cc2nc3n(n2)CCO[C@@H]3c2ccc(OC(F)(F)F)cc2)ccc1-n1cnc(C)c1. The van der Waals surface area contributed by atoms with E-state index in [4.69, 9.17) is 9.47 Å². The molecule has 5 rings (SSSR count). The van der Waals surface area contributed by atoms with E-state index in [1.165, 1.54) is 24.3 Å². The van der Waals surface area contributed by atoms with Gasteiger partial charge in [0.2, 0.25) is 0 Å². The highest BCUT2D eigenvalue weighted by atomic mass is 19.4. The molecule has 1 aliphatic heterocycles. The van der Waals surface area contributed by atoms with Crippen molar-refractivity contribution in [1.82, 2.24) is 24.3 Å². The summed E-state index contributed by atoms with van der Waals surface area (Å²) in [6.45, 7) is 2.84. The van der Waals surface area contributed by atoms with E-state index in [0.29, 0.717) is 36.1 Å². The lowest BCUT2D eigenvalue weighted by molar-refractivity contribution is -0.274. The number of alkyl halides is 3. The third-order valence-electron chi connectivity index (χ3n) is 5.57. The molecule has 36 heavy (non-hydrogen) atoms. The van der Waals surface area contributed by atoms with Gasteiger partial charge in [0.15, 0.2) is 11.6 Å². The van der Waals surface area contributed by atoms with E-state index in [9.17, 15) is 13.2 Å². The summed E-state index contributed by atoms with van der Waals surface area (Å²) in [5, 5.41) is 4.54. The molecule has 0 amide bonds. The summed E-state index contributed by atoms with van der Waals surface area (Å²) in [6, 6.07) is 11.4. The maximum absolute atomic E-state index is 12.4. The van der Waals surface area contributed by atoms with Gasteiger partial charge in [0, 0.05) is 6.20 Å². The number of aromatic nitrogens is 5. The Balaban J connectivity index is 1.35. The normalized spacial score (nSPS) is 15.8. The summed E-state index contributed by atoms with van der Waals surface area (Å²) < 4.78 is 56.4. The van der Waals surface area contributed by atoms with Gasteiger partial charge in [0.05, 0.1) is 38.0 Å². The first-order valence-corrected chi connectivity index (χ1v) is 11.1. The molecule has 0 N–H and O–H groups in total. The molecule has 0 radical (unpaired) electrons. The minimum absolute atomic E-state index is 0.295. The van der Waals surface area contributed by atoms with Crippen LogP contribution in [0.1, 0.15) is 34.6 Å². The smallest absolute Gasteiger partial charge is 0.495 e. The van der Waals surface area contributed by atoms with Crippen molar-refractivity contribution in [3.05, 3.63) is 83.5 Å². The van der Waals surface area contributed by atoms with Crippen LogP contribution in [0, 0.1) is 6.92 Å². The fourth-order valence-corrected chi connectivity index (χ4v) is 3.96. The van der Waals surface area contributed by atoms with Gasteiger partial charge in [-0.2, -0.15) is 5.10 Å². The Bertz CT molecular complexity index is 1390. The molecule has 3 heterocycles. The van der Waals surface area contributed by atoms with Crippen molar-refractivity contribution in [1.29, 1.82) is 0 Å². The quantitative estimate of drug-likeness (QED) is 0.375. The van der Waals surface area contributed by atoms with Crippen LogP contribution in [0.5, 0.6) is 11.5 Å². The summed E-state index contributed by atoms with van der Waals surface area (Å²) in [5.74, 6) is 1.47. The third-order valence-corrected chi connectivity index (χ3v) is 5.57. The first-order valence-electron chi connectivity index (χ1n) is 11.1. The fourth-order valence-electron chi connectivity index (χ4n) is 3.96. The Morgan fingerprint density at radius 1 is 1.11 bits per heavy atom. The minimum atomic E-state index is -4.74. The zero-order chi connectivity index (χ0) is 25.3. The summed E-state index contributed by atoms with van der Waals surface area (Å²) in [7, 11) is 1.61. The Kier molecular flexibility index (Phi) is 6.23. The average Bonchev–Trinajstić information content (AvgIpc) is 3.48. The fraction of sp³-hybridized carbons (Fsp3) is 0.240. The molecule has 0 saturated heterocycles. The van der Waals surface area contributed by atoms with Gasteiger partial charge in [0.1, 0.15) is 17.6 Å². The van der Waals surface area contributed by atoms with Gasteiger partial charge in [-0.3, -0.25) is 0 Å². The number of rotatable bonds is 6. The lowest BCUT2D eigenvalue weighted by Crippen LogP contribution is -2.23. The molecule has 0 unspecified atom stereocenters. The molecule has 0 fully saturated rings. The summed E-state index contributed by atoms with van der Waals surface area (Å²) in [5.41, 5.74) is 3.33. The number of halogens is 3. The predicted molar refractivity (Wildman–Crippen MR) is 125 cm³/mol. The number of benzene rings is 2. The first-order chi connectivity index (χ1) is 17.3. The second-order valence-electron chi connectivity index (χ2n) is 8.11. The van der Waals surface area contributed by atoms with Crippen LogP contribution in [0.4, 0.5) is 13.2 Å². The molecule has 0 saturated carbocycles. The summed E-state index contributed by atoms with van der Waals surface area (Å²) in [6.07, 6.45) is 2.03. The molecule has 2 aromatic heterocycles. The molecule has 0 aliphatic carbocycles. The van der Waals surface area contributed by atoms with Gasteiger partial charge in [-0.05, 0) is 48.4 Å². The number of imidazole rings is 1. The van der Waals surface area contributed by atoms with Gasteiger partial charge in [0.25, 0.3) is 0 Å². The molecular formula is C25H22F3N5O3. The number of fused-ring (bicyclic) bond motifs is 1. The topological polar surface area (TPSA) is 76.2 Å². The second-order valence-corrected chi connectivity index (χ2v) is 8.11. The van der Waals surface area contributed by atoms with Crippen molar-refractivity contribution >= 4 is 12.2 Å². The Morgan fingerprint density at radius 2 is 1.92 bits per heavy atom. The van der Waals surface area contributed by atoms with Crippen molar-refractivity contribution in [2.24, 2.45) is 0 Å². The van der Waals surface area contributed by atoms with Crippen molar-refractivity contribution in [3.63, 3.8) is 0 Å². The lowest BCUT2D eigenvalue weighted by atomic mass is 10.1. The molecule has 8 nitrogen and oxygen atoms in total. The van der Waals surface area contributed by atoms with E-state index in [2.05, 4.69) is 19.8 Å². The van der Waals surface area contributed by atoms with Crippen LogP contribution in [0.2, 0.25) is 0 Å². The molecule has 186 valence electrons. The monoisotopic (exact) mass is 497 g/mol. The second kappa shape index (κ2) is 9.50. The number of methoxy groups -OCH3 is 1. The average molecular weight is 497 g/mol. The largest absolute Gasteiger partial charge is 0.573 e. The third kappa shape index (κ3) is 5.10. The Morgan fingerprint density at radius 3 is 2.61 bits per heavy atom. The first kappa shape index (κ1) is 23.6. The van der Waals surface area contributed by atoms with E-state index in [0.717, 1.165) is 16.9 Å². The van der Waals surface area contributed by atoms with E-state index < -0.39 is 12.5 Å². The zero-order valence-corrected chi connectivity index (χ0v) is 19.4. The summed E-state index contributed by atoms with van der Waals surface area (Å²) >= 11 is 0. The van der Waals surface area contributed by atoms with Crippen LogP contribution in [0.25, 0.3) is 17.8 Å². The molecule has 0 spiro atoms. The maximum atomic E-state index is 12.4. The molecule has 1 atom stereocenters. The van der Waals surface area contributed by atoms with E-state index in [1.54, 1.807) is 24.2 Å². The van der Waals surface area contributed by atoms with Gasteiger partial charge >= 0.3 is 6.36 Å². The molecule has 1 aliphatic rings. The number of hydrogen-bond donors (Lipinski definition) is 0. The zero-order valence-electron chi connectivity index (χ0n) is 19.4. The van der Waals surface area contributed by atoms with Crippen LogP contribution in [-0.4, -0.2) is 44.4 Å². The number of ether oxygens (including phenoxy) is 3. The molecular weight excluding hydrogens is 475 g/mol. The van der Waals surface area contributed by atoms with Gasteiger partial charge < -0.3 is 18.8 Å². The molecule has 4 aromatic rings. The molecule has 11 heteroatoms. The molecule has 2 aromatic carbocycles. The highest BCUT2D eigenvalue weighted by Gasteiger charge is 2.31. The van der Waals surface area contributed by atoms with Crippen LogP contribution in [0.15, 0.2) is 55.0 Å². The predicted octanol–water partition coefficient (Wildman–Crippen LogP) is 4.97. The lowest BCUT2D eigenvalue weighted by Gasteiger charge is -2.23. The number of aryl methyl sites for hydroxylation is 1. The van der Waals surface area contributed by atoms with Crippen LogP contribution < -0.4 is 9.47 Å². The Hall–Kier alpha value is -4.12. The maximum Gasteiger partial charge on any atom is 0.573 e. The standard InChI is InChI=1S/C25H22F3N5O3/c1-16-14-32(15-29-16)20-9-3-17(13-21(20)34-2)4-10-22-30-24-23(35-12-11-33(24)31-22)18-5-7-19(8-6-18)36-25(26,27)28/h3-10,13-15,23H,11-12H2,1-2H3/t23-/m1/s1. The van der Waals surface area contributed by atoms with E-state index in [1.807, 2.05) is 42.0 Å². The van der Waals surface area contributed by atoms with Crippen molar-refractivity contribution in [2.45, 2.75) is 25.9 Å².